The van der Waals surface area contributed by atoms with Crippen LogP contribution < -0.4 is 21.1 Å². The van der Waals surface area contributed by atoms with Gasteiger partial charge in [-0.3, -0.25) is 9.59 Å². The van der Waals surface area contributed by atoms with Crippen LogP contribution in [-0.2, 0) is 11.0 Å². The van der Waals surface area contributed by atoms with E-state index in [4.69, 9.17) is 20.4 Å². The lowest BCUT2D eigenvalue weighted by Gasteiger charge is -2.12. The molecule has 0 unspecified atom stereocenters. The molecule has 202 valence electrons. The maximum Gasteiger partial charge on any atom is 0.490 e. The second-order valence-corrected chi connectivity index (χ2v) is 7.21. The number of carboxylic acid groups (broad SMARTS) is 1. The lowest BCUT2D eigenvalue weighted by atomic mass is 10.1. The molecule has 0 spiro atoms. The SMILES string of the molecule is COc1cc(NC(=O)c2ccnc(N)c2)cc(C(=O)Nc2cccc(C(F)(F)F)c2)c1.O=C(O)C(F)(F)F. The Morgan fingerprint density at radius 3 is 2.03 bits per heavy atom. The number of alkyl halides is 6. The third-order valence-electron chi connectivity index (χ3n) is 4.40. The number of carbonyl (C=O) groups is 3. The lowest BCUT2D eigenvalue weighted by Crippen LogP contribution is -2.21. The molecule has 0 radical (unpaired) electrons. The standard InChI is InChI=1S/C21H17F3N4O3.C2HF3O2/c1-31-17-8-13(20(30)27-15-4-2-3-14(10-15)21(22,23)24)7-16(11-17)28-19(29)12-5-6-26-18(25)9-12;3-2(4,5)1(6)7/h2-11H,1H3,(H2,25,26)(H,27,30)(H,28,29);(H,6,7). The number of benzene rings is 2. The van der Waals surface area contributed by atoms with Gasteiger partial charge < -0.3 is 26.2 Å². The van der Waals surface area contributed by atoms with E-state index >= 15 is 0 Å². The van der Waals surface area contributed by atoms with Gasteiger partial charge in [-0.1, -0.05) is 6.07 Å². The maximum atomic E-state index is 12.9. The van der Waals surface area contributed by atoms with Crippen molar-refractivity contribution in [3.63, 3.8) is 0 Å². The van der Waals surface area contributed by atoms with Gasteiger partial charge in [0.1, 0.15) is 11.6 Å². The topological polar surface area (TPSA) is 144 Å². The number of hydrogen-bond donors (Lipinski definition) is 4. The molecule has 0 saturated carbocycles. The predicted molar refractivity (Wildman–Crippen MR) is 123 cm³/mol. The number of anilines is 3. The molecule has 0 aliphatic heterocycles. The van der Waals surface area contributed by atoms with E-state index in [1.807, 2.05) is 0 Å². The molecule has 2 amide bonds. The number of nitrogens with two attached hydrogens (primary N) is 1. The van der Waals surface area contributed by atoms with E-state index in [-0.39, 0.29) is 34.1 Å². The second kappa shape index (κ2) is 11.9. The minimum atomic E-state index is -5.08. The summed E-state index contributed by atoms with van der Waals surface area (Å²) in [5.74, 6) is -3.50. The third kappa shape index (κ3) is 8.69. The van der Waals surface area contributed by atoms with Gasteiger partial charge >= 0.3 is 18.3 Å². The molecule has 9 nitrogen and oxygen atoms in total. The number of rotatable bonds is 5. The number of pyridine rings is 1. The van der Waals surface area contributed by atoms with Crippen molar-refractivity contribution in [3.8, 4) is 5.75 Å². The minimum absolute atomic E-state index is 0.0273. The van der Waals surface area contributed by atoms with Crippen LogP contribution in [0.5, 0.6) is 5.75 Å². The van der Waals surface area contributed by atoms with Crippen molar-refractivity contribution in [2.75, 3.05) is 23.5 Å². The molecule has 0 atom stereocenters. The fourth-order valence-electron chi connectivity index (χ4n) is 2.69. The highest BCUT2D eigenvalue weighted by Gasteiger charge is 2.38. The average molecular weight is 544 g/mol. The lowest BCUT2D eigenvalue weighted by molar-refractivity contribution is -0.192. The smallest absolute Gasteiger partial charge is 0.490 e. The molecule has 2 aromatic carbocycles. The number of carboxylic acids is 1. The summed E-state index contributed by atoms with van der Waals surface area (Å²) in [5, 5.41) is 12.2. The van der Waals surface area contributed by atoms with Gasteiger partial charge in [0.2, 0.25) is 0 Å². The summed E-state index contributed by atoms with van der Waals surface area (Å²) < 4.78 is 75.5. The Morgan fingerprint density at radius 1 is 0.868 bits per heavy atom. The molecule has 0 saturated heterocycles. The summed E-state index contributed by atoms with van der Waals surface area (Å²) in [6.07, 6.45) is -8.24. The van der Waals surface area contributed by atoms with Gasteiger partial charge in [0, 0.05) is 34.8 Å². The number of amides is 2. The first-order valence-electron chi connectivity index (χ1n) is 10.1. The van der Waals surface area contributed by atoms with Crippen LogP contribution in [0.3, 0.4) is 0 Å². The number of nitrogens with zero attached hydrogens (tertiary/aromatic N) is 1. The Kier molecular flexibility index (Phi) is 9.24. The van der Waals surface area contributed by atoms with E-state index < -0.39 is 35.7 Å². The molecule has 1 aromatic heterocycles. The largest absolute Gasteiger partial charge is 0.497 e. The number of carbonyl (C=O) groups excluding carboxylic acids is 2. The Hall–Kier alpha value is -4.82. The summed E-state index contributed by atoms with van der Waals surface area (Å²) in [7, 11) is 1.37. The fourth-order valence-corrected chi connectivity index (χ4v) is 2.69. The van der Waals surface area contributed by atoms with Crippen molar-refractivity contribution in [2.45, 2.75) is 12.4 Å². The van der Waals surface area contributed by atoms with Gasteiger partial charge in [0.25, 0.3) is 11.8 Å². The number of nitrogen functional groups attached to an aromatic ring is 1. The van der Waals surface area contributed by atoms with Gasteiger partial charge in [-0.2, -0.15) is 26.3 Å². The van der Waals surface area contributed by atoms with E-state index in [0.717, 1.165) is 12.1 Å². The number of halogens is 6. The molecule has 3 aromatic rings. The van der Waals surface area contributed by atoms with Crippen LogP contribution in [0.2, 0.25) is 0 Å². The quantitative estimate of drug-likeness (QED) is 0.337. The molecule has 3 rings (SSSR count). The van der Waals surface area contributed by atoms with E-state index in [0.29, 0.717) is 0 Å². The fraction of sp³-hybridized carbons (Fsp3) is 0.130. The van der Waals surface area contributed by atoms with Crippen molar-refractivity contribution in [1.29, 1.82) is 0 Å². The van der Waals surface area contributed by atoms with Crippen LogP contribution in [0.25, 0.3) is 0 Å². The van der Waals surface area contributed by atoms with Crippen LogP contribution in [0.15, 0.2) is 60.8 Å². The van der Waals surface area contributed by atoms with Crippen LogP contribution in [0, 0.1) is 0 Å². The number of aromatic nitrogens is 1. The summed E-state index contributed by atoms with van der Waals surface area (Å²) in [5.41, 5.74) is 5.23. The van der Waals surface area contributed by atoms with Crippen molar-refractivity contribution >= 4 is 35.0 Å². The molecule has 5 N–H and O–H groups in total. The zero-order valence-corrected chi connectivity index (χ0v) is 19.1. The molecule has 15 heteroatoms. The van der Waals surface area contributed by atoms with Crippen LogP contribution >= 0.6 is 0 Å². The molecule has 38 heavy (non-hydrogen) atoms. The molecule has 0 aliphatic rings. The normalized spacial score (nSPS) is 11.0. The molecule has 0 aliphatic carbocycles. The van der Waals surface area contributed by atoms with Gasteiger partial charge in [-0.15, -0.1) is 0 Å². The first kappa shape index (κ1) is 29.4. The first-order chi connectivity index (χ1) is 17.6. The van der Waals surface area contributed by atoms with Crippen LogP contribution in [-0.4, -0.2) is 41.2 Å². The van der Waals surface area contributed by atoms with Crippen LogP contribution in [0.4, 0.5) is 43.5 Å². The van der Waals surface area contributed by atoms with E-state index in [9.17, 15) is 35.9 Å². The van der Waals surface area contributed by atoms with Gasteiger partial charge in [-0.25, -0.2) is 9.78 Å². The second-order valence-electron chi connectivity index (χ2n) is 7.21. The summed E-state index contributed by atoms with van der Waals surface area (Å²) >= 11 is 0. The maximum absolute atomic E-state index is 12.9. The molecular formula is C23H18F6N4O5. The van der Waals surface area contributed by atoms with Crippen molar-refractivity contribution in [2.24, 2.45) is 0 Å². The zero-order chi connectivity index (χ0) is 28.7. The monoisotopic (exact) mass is 544 g/mol. The van der Waals surface area contributed by atoms with Crippen molar-refractivity contribution in [1.82, 2.24) is 4.98 Å². The number of ether oxygens (including phenoxy) is 1. The summed E-state index contributed by atoms with van der Waals surface area (Å²) in [4.78, 5) is 37.7. The summed E-state index contributed by atoms with van der Waals surface area (Å²) in [6, 6.07) is 11.4. The Bertz CT molecular complexity index is 1330. The number of methoxy groups -OCH3 is 1. The Balaban J connectivity index is 0.000000638. The highest BCUT2D eigenvalue weighted by Crippen LogP contribution is 2.31. The predicted octanol–water partition coefficient (Wildman–Crippen LogP) is 4.83. The Labute approximate surface area is 210 Å². The van der Waals surface area contributed by atoms with E-state index in [1.165, 1.54) is 55.8 Å². The number of nitrogens with one attached hydrogen (secondary N) is 2. The average Bonchev–Trinajstić information content (AvgIpc) is 2.83. The first-order valence-corrected chi connectivity index (χ1v) is 10.1. The minimum Gasteiger partial charge on any atom is -0.497 e. The molecule has 1 heterocycles. The number of aliphatic carboxylic acids is 1. The van der Waals surface area contributed by atoms with Crippen LogP contribution in [0.1, 0.15) is 26.3 Å². The molecule has 0 bridgehead atoms. The van der Waals surface area contributed by atoms with E-state index in [2.05, 4.69) is 15.6 Å². The Morgan fingerprint density at radius 2 is 1.47 bits per heavy atom. The van der Waals surface area contributed by atoms with Gasteiger partial charge in [-0.05, 0) is 42.5 Å². The third-order valence-corrected chi connectivity index (χ3v) is 4.40. The zero-order valence-electron chi connectivity index (χ0n) is 19.1. The summed E-state index contributed by atoms with van der Waals surface area (Å²) in [6.45, 7) is 0. The van der Waals surface area contributed by atoms with Crippen molar-refractivity contribution < 1.29 is 50.6 Å². The molecular weight excluding hydrogens is 526 g/mol. The highest BCUT2D eigenvalue weighted by atomic mass is 19.4. The van der Waals surface area contributed by atoms with Gasteiger partial charge in [0.15, 0.2) is 0 Å². The molecule has 0 fully saturated rings. The van der Waals surface area contributed by atoms with Gasteiger partial charge in [0.05, 0.1) is 12.7 Å². The highest BCUT2D eigenvalue weighted by molar-refractivity contribution is 6.08. The van der Waals surface area contributed by atoms with Crippen molar-refractivity contribution in [3.05, 3.63) is 77.5 Å². The number of hydrogen-bond acceptors (Lipinski definition) is 6. The van der Waals surface area contributed by atoms with E-state index in [1.54, 1.807) is 0 Å².